The minimum Gasteiger partial charge on any atom is -0.411 e. The monoisotopic (exact) mass is 274 g/mol. The Morgan fingerprint density at radius 3 is 2.37 bits per heavy atom. The first-order valence-electron chi connectivity index (χ1n) is 5.47. The Kier molecular flexibility index (Phi) is 4.91. The van der Waals surface area contributed by atoms with Crippen LogP contribution in [0.2, 0.25) is 0 Å². The first-order valence-corrected chi connectivity index (χ1v) is 5.47. The van der Waals surface area contributed by atoms with Crippen molar-refractivity contribution in [2.24, 2.45) is 5.16 Å². The third kappa shape index (κ3) is 5.41. The zero-order chi connectivity index (χ0) is 14.5. The molecule has 0 bridgehead atoms. The predicted molar refractivity (Wildman–Crippen MR) is 64.4 cm³/mol. The van der Waals surface area contributed by atoms with Crippen molar-refractivity contribution in [3.05, 3.63) is 29.8 Å². The Bertz CT molecular complexity index is 467. The van der Waals surface area contributed by atoms with E-state index < -0.39 is 24.9 Å². The number of hydrogen-bond donors (Lipinski definition) is 2. The molecule has 7 heteroatoms. The van der Waals surface area contributed by atoms with Gasteiger partial charge in [-0.05, 0) is 24.6 Å². The van der Waals surface area contributed by atoms with E-state index in [4.69, 9.17) is 5.21 Å². The molecule has 2 N–H and O–H groups in total. The Hall–Kier alpha value is -2.05. The molecule has 4 nitrogen and oxygen atoms in total. The van der Waals surface area contributed by atoms with Crippen molar-refractivity contribution in [3.8, 4) is 0 Å². The van der Waals surface area contributed by atoms with Crippen LogP contribution >= 0.6 is 0 Å². The van der Waals surface area contributed by atoms with E-state index >= 15 is 0 Å². The molecule has 0 spiro atoms. The van der Waals surface area contributed by atoms with E-state index in [1.807, 2.05) is 0 Å². The molecule has 0 saturated carbocycles. The van der Waals surface area contributed by atoms with Gasteiger partial charge in [-0.3, -0.25) is 4.79 Å². The summed E-state index contributed by atoms with van der Waals surface area (Å²) in [5.74, 6) is -0.697. The second-order valence-corrected chi connectivity index (χ2v) is 3.93. The van der Waals surface area contributed by atoms with Crippen molar-refractivity contribution in [3.63, 3.8) is 0 Å². The lowest BCUT2D eigenvalue weighted by Gasteiger charge is -2.08. The summed E-state index contributed by atoms with van der Waals surface area (Å²) in [6.07, 6.45) is -6.09. The fourth-order valence-corrected chi connectivity index (χ4v) is 1.33. The van der Waals surface area contributed by atoms with E-state index in [1.54, 1.807) is 19.1 Å². The van der Waals surface area contributed by atoms with Gasteiger partial charge in [0.25, 0.3) is 0 Å². The minimum absolute atomic E-state index is 0.390. The molecule has 0 heterocycles. The highest BCUT2D eigenvalue weighted by atomic mass is 19.4. The maximum atomic E-state index is 11.9. The fourth-order valence-electron chi connectivity index (χ4n) is 1.33. The number of nitrogens with one attached hydrogen (secondary N) is 1. The third-order valence-electron chi connectivity index (χ3n) is 2.37. The summed E-state index contributed by atoms with van der Waals surface area (Å²) in [5, 5.41) is 13.9. The van der Waals surface area contributed by atoms with Crippen LogP contribution in [-0.4, -0.2) is 23.0 Å². The third-order valence-corrected chi connectivity index (χ3v) is 2.37. The van der Waals surface area contributed by atoms with Gasteiger partial charge in [0.15, 0.2) is 0 Å². The number of halogens is 3. The lowest BCUT2D eigenvalue weighted by atomic mass is 10.1. The van der Waals surface area contributed by atoms with Crippen LogP contribution in [-0.2, 0) is 4.79 Å². The van der Waals surface area contributed by atoms with Gasteiger partial charge in [0.05, 0.1) is 12.1 Å². The topological polar surface area (TPSA) is 61.7 Å². The highest BCUT2D eigenvalue weighted by molar-refractivity contribution is 5.99. The van der Waals surface area contributed by atoms with E-state index in [-0.39, 0.29) is 0 Å². The first kappa shape index (κ1) is 15.0. The van der Waals surface area contributed by atoms with Gasteiger partial charge in [-0.2, -0.15) is 13.2 Å². The molecule has 0 saturated heterocycles. The van der Waals surface area contributed by atoms with Crippen molar-refractivity contribution in [1.82, 2.24) is 0 Å². The number of hydrogen-bond acceptors (Lipinski definition) is 3. The standard InChI is InChI=1S/C12H13F3N2O2/c1-8(17-19)9-2-4-10(5-3-9)16-11(18)6-7-12(13,14)15/h2-5,19H,6-7H2,1H3,(H,16,18). The van der Waals surface area contributed by atoms with Crippen LogP contribution < -0.4 is 5.32 Å². The molecule has 0 atom stereocenters. The van der Waals surface area contributed by atoms with E-state index in [9.17, 15) is 18.0 Å². The number of amides is 1. The minimum atomic E-state index is -4.34. The Morgan fingerprint density at radius 2 is 1.89 bits per heavy atom. The molecule has 0 aromatic heterocycles. The average molecular weight is 274 g/mol. The Balaban J connectivity index is 2.56. The molecular weight excluding hydrogens is 261 g/mol. The maximum absolute atomic E-state index is 11.9. The molecule has 104 valence electrons. The van der Waals surface area contributed by atoms with Gasteiger partial charge in [0.2, 0.25) is 5.91 Å². The summed E-state index contributed by atoms with van der Waals surface area (Å²) < 4.78 is 35.8. The fraction of sp³-hybridized carbons (Fsp3) is 0.333. The number of carbonyl (C=O) groups is 1. The van der Waals surface area contributed by atoms with Gasteiger partial charge in [-0.25, -0.2) is 0 Å². The molecule has 0 aliphatic rings. The van der Waals surface area contributed by atoms with Gasteiger partial charge >= 0.3 is 6.18 Å². The van der Waals surface area contributed by atoms with Gasteiger partial charge in [0.1, 0.15) is 0 Å². The lowest BCUT2D eigenvalue weighted by Crippen LogP contribution is -2.16. The van der Waals surface area contributed by atoms with Crippen molar-refractivity contribution in [2.75, 3.05) is 5.32 Å². The number of nitrogens with zero attached hydrogens (tertiary/aromatic N) is 1. The summed E-state index contributed by atoms with van der Waals surface area (Å²) >= 11 is 0. The summed E-state index contributed by atoms with van der Waals surface area (Å²) in [6.45, 7) is 1.59. The van der Waals surface area contributed by atoms with E-state index in [1.165, 1.54) is 12.1 Å². The van der Waals surface area contributed by atoms with Crippen LogP contribution in [0.5, 0.6) is 0 Å². The predicted octanol–water partition coefficient (Wildman–Crippen LogP) is 3.17. The van der Waals surface area contributed by atoms with Crippen LogP contribution in [0.25, 0.3) is 0 Å². The lowest BCUT2D eigenvalue weighted by molar-refractivity contribution is -0.142. The van der Waals surface area contributed by atoms with E-state index in [0.29, 0.717) is 17.0 Å². The molecule has 0 aliphatic carbocycles. The number of rotatable bonds is 4. The smallest absolute Gasteiger partial charge is 0.389 e. The Morgan fingerprint density at radius 1 is 1.32 bits per heavy atom. The number of carbonyl (C=O) groups excluding carboxylic acids is 1. The van der Waals surface area contributed by atoms with Crippen molar-refractivity contribution < 1.29 is 23.2 Å². The first-order chi connectivity index (χ1) is 8.81. The Labute approximate surface area is 107 Å². The van der Waals surface area contributed by atoms with Gasteiger partial charge in [0, 0.05) is 12.1 Å². The summed E-state index contributed by atoms with van der Waals surface area (Å²) in [5.41, 5.74) is 1.44. The van der Waals surface area contributed by atoms with Crippen LogP contribution in [0.4, 0.5) is 18.9 Å². The number of anilines is 1. The van der Waals surface area contributed by atoms with Crippen LogP contribution in [0.3, 0.4) is 0 Å². The molecule has 1 aromatic carbocycles. The van der Waals surface area contributed by atoms with Gasteiger partial charge < -0.3 is 10.5 Å². The molecule has 0 unspecified atom stereocenters. The van der Waals surface area contributed by atoms with Crippen LogP contribution in [0.15, 0.2) is 29.4 Å². The van der Waals surface area contributed by atoms with Crippen molar-refractivity contribution >= 4 is 17.3 Å². The van der Waals surface area contributed by atoms with E-state index in [0.717, 1.165) is 0 Å². The molecular formula is C12H13F3N2O2. The molecule has 0 radical (unpaired) electrons. The molecule has 1 amide bonds. The molecule has 0 fully saturated rings. The highest BCUT2D eigenvalue weighted by Crippen LogP contribution is 2.21. The number of benzene rings is 1. The van der Waals surface area contributed by atoms with Crippen LogP contribution in [0.1, 0.15) is 25.3 Å². The molecule has 19 heavy (non-hydrogen) atoms. The summed E-state index contributed by atoms with van der Waals surface area (Å²) in [4.78, 5) is 11.3. The van der Waals surface area contributed by atoms with Crippen molar-refractivity contribution in [1.29, 1.82) is 0 Å². The van der Waals surface area contributed by atoms with Gasteiger partial charge in [-0.1, -0.05) is 17.3 Å². The highest BCUT2D eigenvalue weighted by Gasteiger charge is 2.27. The van der Waals surface area contributed by atoms with Crippen LogP contribution in [0, 0.1) is 0 Å². The second kappa shape index (κ2) is 6.21. The summed E-state index contributed by atoms with van der Waals surface area (Å²) in [6, 6.07) is 6.23. The zero-order valence-corrected chi connectivity index (χ0v) is 10.2. The van der Waals surface area contributed by atoms with Gasteiger partial charge in [-0.15, -0.1) is 0 Å². The quantitative estimate of drug-likeness (QED) is 0.503. The molecule has 0 aliphatic heterocycles. The zero-order valence-electron chi connectivity index (χ0n) is 10.2. The SMILES string of the molecule is CC(=NO)c1ccc(NC(=O)CCC(F)(F)F)cc1. The maximum Gasteiger partial charge on any atom is 0.389 e. The normalized spacial score (nSPS) is 12.3. The second-order valence-electron chi connectivity index (χ2n) is 3.93. The largest absolute Gasteiger partial charge is 0.411 e. The number of oxime groups is 1. The van der Waals surface area contributed by atoms with E-state index in [2.05, 4.69) is 10.5 Å². The molecule has 1 rings (SSSR count). The van der Waals surface area contributed by atoms with Crippen molar-refractivity contribution in [2.45, 2.75) is 25.9 Å². The number of alkyl halides is 3. The summed E-state index contributed by atoms with van der Waals surface area (Å²) in [7, 11) is 0. The average Bonchev–Trinajstić information content (AvgIpc) is 2.35. The molecule has 1 aromatic rings.